The standard InChI is InChI=1S/C20H31N5O/c1-5-21-20(22-11-7-9-18-14-24-25(4)15-18)23-13-17(3)26-19-10-6-8-16(2)12-19/h6,8,10,12,14-15,17H,5,7,9,11,13H2,1-4H3,(H2,21,22,23). The maximum Gasteiger partial charge on any atom is 0.191 e. The van der Waals surface area contributed by atoms with Crippen LogP contribution in [0.25, 0.3) is 0 Å². The number of guanidine groups is 1. The number of hydrogen-bond donors (Lipinski definition) is 2. The Bertz CT molecular complexity index is 695. The minimum atomic E-state index is 0.0163. The summed E-state index contributed by atoms with van der Waals surface area (Å²) in [5.74, 6) is 1.72. The molecule has 1 atom stereocenters. The van der Waals surface area contributed by atoms with Gasteiger partial charge in [-0.15, -0.1) is 0 Å². The van der Waals surface area contributed by atoms with Gasteiger partial charge in [-0.2, -0.15) is 5.10 Å². The predicted molar refractivity (Wildman–Crippen MR) is 107 cm³/mol. The Morgan fingerprint density at radius 3 is 2.88 bits per heavy atom. The van der Waals surface area contributed by atoms with Gasteiger partial charge in [0.05, 0.1) is 12.7 Å². The van der Waals surface area contributed by atoms with Gasteiger partial charge in [-0.3, -0.25) is 4.68 Å². The first-order valence-corrected chi connectivity index (χ1v) is 9.30. The lowest BCUT2D eigenvalue weighted by atomic mass is 10.2. The van der Waals surface area contributed by atoms with E-state index in [2.05, 4.69) is 46.8 Å². The molecule has 0 saturated carbocycles. The molecule has 1 aromatic heterocycles. The van der Waals surface area contributed by atoms with Crippen LogP contribution < -0.4 is 15.4 Å². The van der Waals surface area contributed by atoms with E-state index in [4.69, 9.17) is 4.74 Å². The molecule has 1 heterocycles. The first-order valence-electron chi connectivity index (χ1n) is 9.30. The topological polar surface area (TPSA) is 63.5 Å². The van der Waals surface area contributed by atoms with Gasteiger partial charge in [-0.25, -0.2) is 4.99 Å². The molecule has 0 spiro atoms. The largest absolute Gasteiger partial charge is 0.489 e. The minimum absolute atomic E-state index is 0.0163. The van der Waals surface area contributed by atoms with Crippen molar-refractivity contribution in [3.63, 3.8) is 0 Å². The van der Waals surface area contributed by atoms with E-state index >= 15 is 0 Å². The van der Waals surface area contributed by atoms with E-state index in [0.29, 0.717) is 6.54 Å². The second-order valence-corrected chi connectivity index (χ2v) is 6.52. The fourth-order valence-corrected chi connectivity index (χ4v) is 2.62. The van der Waals surface area contributed by atoms with Gasteiger partial charge in [0.1, 0.15) is 11.9 Å². The molecule has 6 nitrogen and oxygen atoms in total. The number of aromatic nitrogens is 2. The van der Waals surface area contributed by atoms with Crippen LogP contribution in [0.3, 0.4) is 0 Å². The van der Waals surface area contributed by atoms with Crippen molar-refractivity contribution in [2.24, 2.45) is 12.0 Å². The van der Waals surface area contributed by atoms with Crippen molar-refractivity contribution < 1.29 is 4.74 Å². The highest BCUT2D eigenvalue weighted by molar-refractivity contribution is 5.79. The summed E-state index contributed by atoms with van der Waals surface area (Å²) in [6, 6.07) is 8.10. The molecule has 142 valence electrons. The van der Waals surface area contributed by atoms with Gasteiger partial charge in [-0.05, 0) is 56.9 Å². The van der Waals surface area contributed by atoms with Crippen molar-refractivity contribution >= 4 is 5.96 Å². The van der Waals surface area contributed by atoms with Crippen LogP contribution in [0.2, 0.25) is 0 Å². The highest BCUT2D eigenvalue weighted by Crippen LogP contribution is 2.14. The fourth-order valence-electron chi connectivity index (χ4n) is 2.62. The monoisotopic (exact) mass is 357 g/mol. The molecule has 2 N–H and O–H groups in total. The molecule has 0 amide bonds. The lowest BCUT2D eigenvalue weighted by Crippen LogP contribution is -2.38. The van der Waals surface area contributed by atoms with Crippen molar-refractivity contribution in [2.75, 3.05) is 19.6 Å². The third-order valence-electron chi connectivity index (χ3n) is 3.87. The zero-order valence-electron chi connectivity index (χ0n) is 16.3. The summed E-state index contributed by atoms with van der Waals surface area (Å²) in [5, 5.41) is 10.9. The Morgan fingerprint density at radius 2 is 2.19 bits per heavy atom. The van der Waals surface area contributed by atoms with Crippen LogP contribution in [0, 0.1) is 6.92 Å². The minimum Gasteiger partial charge on any atom is -0.489 e. The highest BCUT2D eigenvalue weighted by Gasteiger charge is 2.05. The van der Waals surface area contributed by atoms with Crippen molar-refractivity contribution in [3.8, 4) is 5.75 Å². The summed E-state index contributed by atoms with van der Waals surface area (Å²) in [5.41, 5.74) is 2.46. The van der Waals surface area contributed by atoms with E-state index < -0.39 is 0 Å². The quantitative estimate of drug-likeness (QED) is 0.411. The molecule has 2 rings (SSSR count). The maximum atomic E-state index is 5.94. The Morgan fingerprint density at radius 1 is 1.35 bits per heavy atom. The Hall–Kier alpha value is -2.50. The summed E-state index contributed by atoms with van der Waals surface area (Å²) in [6.07, 6.45) is 6.04. The third-order valence-corrected chi connectivity index (χ3v) is 3.87. The number of rotatable bonds is 9. The third kappa shape index (κ3) is 7.17. The molecule has 1 unspecified atom stereocenters. The van der Waals surface area contributed by atoms with Gasteiger partial charge in [0, 0.05) is 26.3 Å². The number of nitrogens with zero attached hydrogens (tertiary/aromatic N) is 3. The molecule has 2 aromatic rings. The van der Waals surface area contributed by atoms with E-state index in [1.807, 2.05) is 43.0 Å². The van der Waals surface area contributed by atoms with E-state index in [0.717, 1.165) is 37.6 Å². The smallest absolute Gasteiger partial charge is 0.191 e. The average molecular weight is 358 g/mol. The molecule has 0 radical (unpaired) electrons. The Kier molecular flexibility index (Phi) is 7.99. The number of nitrogens with one attached hydrogen (secondary N) is 2. The summed E-state index contributed by atoms with van der Waals surface area (Å²) < 4.78 is 7.77. The van der Waals surface area contributed by atoms with Crippen molar-refractivity contribution in [1.82, 2.24) is 20.4 Å². The molecule has 0 aliphatic heterocycles. The van der Waals surface area contributed by atoms with Gasteiger partial charge >= 0.3 is 0 Å². The number of benzene rings is 1. The van der Waals surface area contributed by atoms with Crippen molar-refractivity contribution in [3.05, 3.63) is 47.8 Å². The van der Waals surface area contributed by atoms with E-state index in [9.17, 15) is 0 Å². The second kappa shape index (κ2) is 10.5. The van der Waals surface area contributed by atoms with Crippen LogP contribution in [0.1, 0.15) is 31.4 Å². The van der Waals surface area contributed by atoms with Crippen molar-refractivity contribution in [1.29, 1.82) is 0 Å². The summed E-state index contributed by atoms with van der Waals surface area (Å²) in [7, 11) is 1.94. The van der Waals surface area contributed by atoms with Crippen LogP contribution in [-0.2, 0) is 13.5 Å². The maximum absolute atomic E-state index is 5.94. The van der Waals surface area contributed by atoms with Crippen molar-refractivity contribution in [2.45, 2.75) is 39.7 Å². The predicted octanol–water partition coefficient (Wildman–Crippen LogP) is 2.68. The number of ether oxygens (including phenoxy) is 1. The fraction of sp³-hybridized carbons (Fsp3) is 0.500. The molecule has 0 aliphatic rings. The summed E-state index contributed by atoms with van der Waals surface area (Å²) >= 11 is 0. The van der Waals surface area contributed by atoms with E-state index in [1.165, 1.54) is 11.1 Å². The van der Waals surface area contributed by atoms with Crippen LogP contribution in [0.4, 0.5) is 0 Å². The molecule has 6 heteroatoms. The molecule has 1 aromatic carbocycles. The molecule has 0 bridgehead atoms. The van der Waals surface area contributed by atoms with Gasteiger partial charge in [-0.1, -0.05) is 12.1 Å². The van der Waals surface area contributed by atoms with Gasteiger partial charge in [0.25, 0.3) is 0 Å². The molecular weight excluding hydrogens is 326 g/mol. The first kappa shape index (κ1) is 19.8. The molecule has 0 aliphatic carbocycles. The van der Waals surface area contributed by atoms with Crippen LogP contribution in [0.15, 0.2) is 41.7 Å². The number of hydrogen-bond acceptors (Lipinski definition) is 3. The second-order valence-electron chi connectivity index (χ2n) is 6.52. The number of aryl methyl sites for hydroxylation is 3. The van der Waals surface area contributed by atoms with Gasteiger partial charge in [0.2, 0.25) is 0 Å². The van der Waals surface area contributed by atoms with Crippen LogP contribution in [0.5, 0.6) is 5.75 Å². The Labute approximate surface area is 156 Å². The molecular formula is C20H31N5O. The zero-order chi connectivity index (χ0) is 18.8. The van der Waals surface area contributed by atoms with Crippen LogP contribution in [-0.4, -0.2) is 41.5 Å². The van der Waals surface area contributed by atoms with Crippen LogP contribution >= 0.6 is 0 Å². The van der Waals surface area contributed by atoms with Gasteiger partial charge < -0.3 is 15.4 Å². The molecule has 0 saturated heterocycles. The number of aliphatic imine (C=N–C) groups is 1. The lowest BCUT2D eigenvalue weighted by molar-refractivity contribution is 0.230. The zero-order valence-corrected chi connectivity index (χ0v) is 16.3. The SMILES string of the molecule is CCNC(=NCC(C)Oc1cccc(C)c1)NCCCc1cnn(C)c1. The average Bonchev–Trinajstić information content (AvgIpc) is 3.01. The highest BCUT2D eigenvalue weighted by atomic mass is 16.5. The summed E-state index contributed by atoms with van der Waals surface area (Å²) in [6.45, 7) is 8.48. The van der Waals surface area contributed by atoms with Gasteiger partial charge in [0.15, 0.2) is 5.96 Å². The first-order chi connectivity index (χ1) is 12.6. The lowest BCUT2D eigenvalue weighted by Gasteiger charge is -2.15. The molecule has 26 heavy (non-hydrogen) atoms. The summed E-state index contributed by atoms with van der Waals surface area (Å²) in [4.78, 5) is 4.63. The molecule has 0 fully saturated rings. The van der Waals surface area contributed by atoms with E-state index in [-0.39, 0.29) is 6.10 Å². The normalized spacial score (nSPS) is 12.7. The van der Waals surface area contributed by atoms with E-state index in [1.54, 1.807) is 0 Å². The Balaban J connectivity index is 1.75.